The zero-order valence-electron chi connectivity index (χ0n) is 12.1. The summed E-state index contributed by atoms with van der Waals surface area (Å²) in [6, 6.07) is 12.7. The first kappa shape index (κ1) is 14.0. The molecule has 0 saturated heterocycles. The smallest absolute Gasteiger partial charge is 0.268 e. The van der Waals surface area contributed by atoms with Crippen molar-refractivity contribution in [2.24, 2.45) is 7.05 Å². The molecule has 3 rings (SSSR count). The van der Waals surface area contributed by atoms with Gasteiger partial charge in [-0.3, -0.25) is 14.6 Å². The molecule has 1 amide bonds. The summed E-state index contributed by atoms with van der Waals surface area (Å²) in [7, 11) is 1.60. The number of amides is 1. The molecule has 0 aliphatic rings. The summed E-state index contributed by atoms with van der Waals surface area (Å²) in [6.07, 6.45) is 3.37. The minimum absolute atomic E-state index is 0.176. The van der Waals surface area contributed by atoms with Crippen molar-refractivity contribution in [3.63, 3.8) is 0 Å². The van der Waals surface area contributed by atoms with Crippen molar-refractivity contribution in [3.05, 3.63) is 76.5 Å². The van der Waals surface area contributed by atoms with Gasteiger partial charge in [-0.05, 0) is 29.1 Å². The van der Waals surface area contributed by atoms with Crippen molar-refractivity contribution >= 4 is 16.7 Å². The molecule has 0 saturated carbocycles. The predicted molar refractivity (Wildman–Crippen MR) is 84.6 cm³/mol. The van der Waals surface area contributed by atoms with Gasteiger partial charge in [0.2, 0.25) is 0 Å². The number of pyridine rings is 2. The van der Waals surface area contributed by atoms with Gasteiger partial charge in [0, 0.05) is 31.4 Å². The summed E-state index contributed by atoms with van der Waals surface area (Å²) < 4.78 is 1.38. The molecule has 0 radical (unpaired) electrons. The lowest BCUT2D eigenvalue weighted by molar-refractivity contribution is 0.0941. The third-order valence-corrected chi connectivity index (χ3v) is 3.56. The summed E-state index contributed by atoms with van der Waals surface area (Å²) in [5.74, 6) is -0.283. The van der Waals surface area contributed by atoms with Crippen LogP contribution in [-0.4, -0.2) is 15.5 Å². The van der Waals surface area contributed by atoms with E-state index in [4.69, 9.17) is 0 Å². The van der Waals surface area contributed by atoms with E-state index in [9.17, 15) is 9.59 Å². The van der Waals surface area contributed by atoms with Crippen LogP contribution in [0.3, 0.4) is 0 Å². The fourth-order valence-electron chi connectivity index (χ4n) is 2.35. The topological polar surface area (TPSA) is 64.0 Å². The van der Waals surface area contributed by atoms with Crippen LogP contribution in [0.5, 0.6) is 0 Å². The quantitative estimate of drug-likeness (QED) is 0.801. The highest BCUT2D eigenvalue weighted by molar-refractivity contribution is 5.96. The molecule has 5 heteroatoms. The normalized spacial score (nSPS) is 10.6. The Labute approximate surface area is 127 Å². The third kappa shape index (κ3) is 2.61. The van der Waals surface area contributed by atoms with Crippen molar-refractivity contribution in [2.45, 2.75) is 6.54 Å². The molecule has 0 unspecified atom stereocenters. The Balaban J connectivity index is 1.91. The minimum Gasteiger partial charge on any atom is -0.347 e. The molecule has 5 nitrogen and oxygen atoms in total. The highest BCUT2D eigenvalue weighted by atomic mass is 16.2. The number of hydrogen-bond donors (Lipinski definition) is 1. The van der Waals surface area contributed by atoms with Crippen LogP contribution >= 0.6 is 0 Å². The Bertz CT molecular complexity index is 885. The molecule has 110 valence electrons. The summed E-state index contributed by atoms with van der Waals surface area (Å²) in [6.45, 7) is 0.369. The van der Waals surface area contributed by atoms with Gasteiger partial charge in [0.05, 0.1) is 0 Å². The molecule has 1 aromatic carbocycles. The first-order chi connectivity index (χ1) is 10.7. The molecule has 2 heterocycles. The average molecular weight is 293 g/mol. The second-order valence-corrected chi connectivity index (χ2v) is 5.02. The van der Waals surface area contributed by atoms with Crippen LogP contribution in [-0.2, 0) is 13.6 Å². The molecule has 2 aromatic heterocycles. The number of fused-ring (bicyclic) bond motifs is 1. The lowest BCUT2D eigenvalue weighted by atomic mass is 10.1. The maximum Gasteiger partial charge on any atom is 0.268 e. The lowest BCUT2D eigenvalue weighted by Gasteiger charge is -2.10. The Morgan fingerprint density at radius 1 is 1.23 bits per heavy atom. The second kappa shape index (κ2) is 5.81. The van der Waals surface area contributed by atoms with Crippen LogP contribution in [0, 0.1) is 0 Å². The van der Waals surface area contributed by atoms with Gasteiger partial charge in [-0.2, -0.15) is 0 Å². The summed E-state index contributed by atoms with van der Waals surface area (Å²) in [4.78, 5) is 28.6. The maximum absolute atomic E-state index is 12.3. The van der Waals surface area contributed by atoms with E-state index in [1.807, 2.05) is 30.3 Å². The molecule has 0 atom stereocenters. The number of aromatic nitrogens is 2. The second-order valence-electron chi connectivity index (χ2n) is 5.02. The highest BCUT2D eigenvalue weighted by Gasteiger charge is 2.12. The van der Waals surface area contributed by atoms with Crippen molar-refractivity contribution in [2.75, 3.05) is 0 Å². The standard InChI is InChI=1S/C17H15N3O2/c1-20-15(9-13-6-2-3-7-14(13)17(20)22)16(21)19-11-12-5-4-8-18-10-12/h2-10H,11H2,1H3,(H,19,21). The van der Waals surface area contributed by atoms with Gasteiger partial charge < -0.3 is 9.88 Å². The Hall–Kier alpha value is -2.95. The van der Waals surface area contributed by atoms with Gasteiger partial charge in [-0.25, -0.2) is 0 Å². The van der Waals surface area contributed by atoms with Crippen molar-refractivity contribution in [3.8, 4) is 0 Å². The molecule has 0 aliphatic carbocycles. The summed E-state index contributed by atoms with van der Waals surface area (Å²) >= 11 is 0. The van der Waals surface area contributed by atoms with E-state index in [0.29, 0.717) is 17.6 Å². The van der Waals surface area contributed by atoms with E-state index in [0.717, 1.165) is 10.9 Å². The molecule has 3 aromatic rings. The predicted octanol–water partition coefficient (Wildman–Crippen LogP) is 1.86. The number of hydrogen-bond acceptors (Lipinski definition) is 3. The van der Waals surface area contributed by atoms with Crippen LogP contribution in [0.15, 0.2) is 59.7 Å². The maximum atomic E-state index is 12.3. The molecular weight excluding hydrogens is 278 g/mol. The zero-order valence-corrected chi connectivity index (χ0v) is 12.1. The number of carbonyl (C=O) groups excluding carboxylic acids is 1. The van der Waals surface area contributed by atoms with Crippen LogP contribution in [0.1, 0.15) is 16.1 Å². The molecular formula is C17H15N3O2. The molecule has 1 N–H and O–H groups in total. The van der Waals surface area contributed by atoms with Gasteiger partial charge in [-0.1, -0.05) is 24.3 Å². The number of nitrogens with zero attached hydrogens (tertiary/aromatic N) is 2. The third-order valence-electron chi connectivity index (χ3n) is 3.56. The summed E-state index contributed by atoms with van der Waals surface area (Å²) in [5.41, 5.74) is 1.07. The lowest BCUT2D eigenvalue weighted by Crippen LogP contribution is -2.30. The summed E-state index contributed by atoms with van der Waals surface area (Å²) in [5, 5.41) is 4.18. The Morgan fingerprint density at radius 2 is 2.05 bits per heavy atom. The van der Waals surface area contributed by atoms with E-state index in [2.05, 4.69) is 10.3 Å². The molecule has 0 fully saturated rings. The fourth-order valence-corrected chi connectivity index (χ4v) is 2.35. The molecule has 0 bridgehead atoms. The van der Waals surface area contributed by atoms with E-state index in [1.165, 1.54) is 4.57 Å². The zero-order chi connectivity index (χ0) is 15.5. The van der Waals surface area contributed by atoms with Gasteiger partial charge in [0.25, 0.3) is 11.5 Å². The first-order valence-corrected chi connectivity index (χ1v) is 6.92. The highest BCUT2D eigenvalue weighted by Crippen LogP contribution is 2.11. The fraction of sp³-hybridized carbons (Fsp3) is 0.118. The van der Waals surface area contributed by atoms with E-state index >= 15 is 0 Å². The van der Waals surface area contributed by atoms with E-state index < -0.39 is 0 Å². The van der Waals surface area contributed by atoms with E-state index in [-0.39, 0.29) is 11.5 Å². The largest absolute Gasteiger partial charge is 0.347 e. The Morgan fingerprint density at radius 3 is 2.82 bits per heavy atom. The van der Waals surface area contributed by atoms with Crippen LogP contribution < -0.4 is 10.9 Å². The van der Waals surface area contributed by atoms with Crippen molar-refractivity contribution in [1.29, 1.82) is 0 Å². The van der Waals surface area contributed by atoms with Gasteiger partial charge in [0.15, 0.2) is 0 Å². The van der Waals surface area contributed by atoms with Crippen molar-refractivity contribution < 1.29 is 4.79 Å². The average Bonchev–Trinajstić information content (AvgIpc) is 2.57. The monoisotopic (exact) mass is 293 g/mol. The van der Waals surface area contributed by atoms with Crippen LogP contribution in [0.4, 0.5) is 0 Å². The number of rotatable bonds is 3. The Kier molecular flexibility index (Phi) is 3.70. The number of benzene rings is 1. The van der Waals surface area contributed by atoms with Gasteiger partial charge in [0.1, 0.15) is 5.69 Å². The molecule has 22 heavy (non-hydrogen) atoms. The van der Waals surface area contributed by atoms with Crippen LogP contribution in [0.25, 0.3) is 10.8 Å². The number of carbonyl (C=O) groups is 1. The van der Waals surface area contributed by atoms with Crippen molar-refractivity contribution in [1.82, 2.24) is 14.9 Å². The number of nitrogens with one attached hydrogen (secondary N) is 1. The van der Waals surface area contributed by atoms with Gasteiger partial charge in [-0.15, -0.1) is 0 Å². The first-order valence-electron chi connectivity index (χ1n) is 6.92. The molecule has 0 spiro atoms. The van der Waals surface area contributed by atoms with Gasteiger partial charge >= 0.3 is 0 Å². The van der Waals surface area contributed by atoms with Crippen LogP contribution in [0.2, 0.25) is 0 Å². The molecule has 0 aliphatic heterocycles. The minimum atomic E-state index is -0.283. The van der Waals surface area contributed by atoms with E-state index in [1.54, 1.807) is 31.6 Å². The SMILES string of the molecule is Cn1c(C(=O)NCc2cccnc2)cc2ccccc2c1=O.